The molecule has 218 valence electrons. The standard InChI is InChI=1S/C43H36N2/c1-4-5-14-37-28(2)41(33-17-15-29-10-6-8-12-31(29)23-33)39-26-43(3,36-20-19-35(27-44)40(45)25-36)22-21-38(39)42(37)34-18-16-30-11-7-9-13-32(30)24-34/h4-25,27,45H,1,26,44H2,2-3H3/b14-5-,35-27?,45-40?. The molecule has 2 heteroatoms. The molecular weight excluding hydrogens is 544 g/mol. The van der Waals surface area contributed by atoms with Gasteiger partial charge in [-0.05, 0) is 103 Å². The lowest BCUT2D eigenvalue weighted by atomic mass is 9.67. The zero-order valence-corrected chi connectivity index (χ0v) is 25.8. The van der Waals surface area contributed by atoms with E-state index >= 15 is 0 Å². The maximum atomic E-state index is 8.60. The van der Waals surface area contributed by atoms with E-state index in [0.29, 0.717) is 5.71 Å². The Morgan fingerprint density at radius 2 is 1.42 bits per heavy atom. The van der Waals surface area contributed by atoms with Gasteiger partial charge in [0.1, 0.15) is 0 Å². The Bertz CT molecular complexity index is 2200. The van der Waals surface area contributed by atoms with E-state index < -0.39 is 0 Å². The first kappa shape index (κ1) is 28.3. The molecule has 5 aromatic rings. The van der Waals surface area contributed by atoms with Crippen LogP contribution in [0.1, 0.15) is 29.2 Å². The molecule has 1 atom stereocenters. The van der Waals surface area contributed by atoms with Crippen LogP contribution in [0.5, 0.6) is 0 Å². The number of fused-ring (bicyclic) bond motifs is 3. The van der Waals surface area contributed by atoms with Gasteiger partial charge < -0.3 is 11.1 Å². The Balaban J connectivity index is 1.53. The Hall–Kier alpha value is -5.47. The predicted molar refractivity (Wildman–Crippen MR) is 194 cm³/mol. The van der Waals surface area contributed by atoms with E-state index in [1.165, 1.54) is 72.3 Å². The summed E-state index contributed by atoms with van der Waals surface area (Å²) in [4.78, 5) is 0. The molecule has 0 spiro atoms. The fraction of sp³-hybridized carbons (Fsp3) is 0.0930. The van der Waals surface area contributed by atoms with Crippen LogP contribution in [0, 0.1) is 17.7 Å². The number of benzene rings is 5. The molecule has 45 heavy (non-hydrogen) atoms. The van der Waals surface area contributed by atoms with Crippen LogP contribution in [0.25, 0.3) is 56.0 Å². The van der Waals surface area contributed by atoms with Crippen LogP contribution < -0.4 is 5.73 Å². The van der Waals surface area contributed by atoms with Crippen molar-refractivity contribution in [3.8, 4) is 22.3 Å². The average molecular weight is 581 g/mol. The second-order valence-electron chi connectivity index (χ2n) is 12.3. The summed E-state index contributed by atoms with van der Waals surface area (Å²) >= 11 is 0. The van der Waals surface area contributed by atoms with Crippen molar-refractivity contribution in [3.63, 3.8) is 0 Å². The van der Waals surface area contributed by atoms with E-state index in [0.717, 1.165) is 17.6 Å². The molecule has 2 aliphatic carbocycles. The molecule has 5 aromatic carbocycles. The van der Waals surface area contributed by atoms with Crippen LogP contribution in [-0.4, -0.2) is 5.71 Å². The smallest absolute Gasteiger partial charge is 0.0629 e. The van der Waals surface area contributed by atoms with Crippen molar-refractivity contribution in [2.24, 2.45) is 11.1 Å². The number of nitrogens with two attached hydrogens (primary N) is 1. The Morgan fingerprint density at radius 1 is 0.800 bits per heavy atom. The zero-order chi connectivity index (χ0) is 31.1. The molecule has 0 aliphatic heterocycles. The number of allylic oxidation sites excluding steroid dienone is 8. The normalized spacial score (nSPS) is 18.6. The van der Waals surface area contributed by atoms with E-state index in [4.69, 9.17) is 11.1 Å². The first-order valence-corrected chi connectivity index (χ1v) is 15.5. The SMILES string of the molecule is C=C/C=C\c1c(C)c(-c2ccc3ccccc3c2)c2c(c1-c1ccc3ccccc3c1)C=CC(C)(C1=CC(=N)C(=CN)C=C1)C2. The van der Waals surface area contributed by atoms with Crippen molar-refractivity contribution in [1.29, 1.82) is 5.41 Å². The molecule has 0 radical (unpaired) electrons. The summed E-state index contributed by atoms with van der Waals surface area (Å²) in [6.07, 6.45) is 19.2. The molecule has 7 rings (SSSR count). The van der Waals surface area contributed by atoms with Crippen molar-refractivity contribution >= 4 is 39.4 Å². The van der Waals surface area contributed by atoms with Crippen LogP contribution in [0.4, 0.5) is 0 Å². The summed E-state index contributed by atoms with van der Waals surface area (Å²) in [5.41, 5.74) is 17.8. The maximum absolute atomic E-state index is 8.60. The van der Waals surface area contributed by atoms with Gasteiger partial charge in [0.05, 0.1) is 5.71 Å². The third-order valence-corrected chi connectivity index (χ3v) is 9.47. The molecule has 0 saturated heterocycles. The molecular formula is C43H36N2. The lowest BCUT2D eigenvalue weighted by molar-refractivity contribution is 0.520. The zero-order valence-electron chi connectivity index (χ0n) is 25.8. The van der Waals surface area contributed by atoms with E-state index in [1.807, 2.05) is 24.3 Å². The molecule has 0 fully saturated rings. The van der Waals surface area contributed by atoms with E-state index in [2.05, 4.69) is 130 Å². The third kappa shape index (κ3) is 4.89. The lowest BCUT2D eigenvalue weighted by Crippen LogP contribution is -2.25. The van der Waals surface area contributed by atoms with Gasteiger partial charge in [-0.3, -0.25) is 0 Å². The minimum absolute atomic E-state index is 0.299. The van der Waals surface area contributed by atoms with Crippen molar-refractivity contribution in [1.82, 2.24) is 0 Å². The second kappa shape index (κ2) is 11.2. The summed E-state index contributed by atoms with van der Waals surface area (Å²) in [6, 6.07) is 30.8. The van der Waals surface area contributed by atoms with Gasteiger partial charge >= 0.3 is 0 Å². The van der Waals surface area contributed by atoms with Gasteiger partial charge in [0.2, 0.25) is 0 Å². The van der Waals surface area contributed by atoms with Crippen molar-refractivity contribution in [3.05, 3.63) is 168 Å². The highest BCUT2D eigenvalue weighted by Gasteiger charge is 2.34. The van der Waals surface area contributed by atoms with Gasteiger partial charge in [0.15, 0.2) is 0 Å². The van der Waals surface area contributed by atoms with Crippen LogP contribution in [0.2, 0.25) is 0 Å². The van der Waals surface area contributed by atoms with Crippen molar-refractivity contribution in [2.45, 2.75) is 20.3 Å². The summed E-state index contributed by atoms with van der Waals surface area (Å²) in [7, 11) is 0. The number of nitrogens with one attached hydrogen (secondary N) is 1. The number of hydrogen-bond donors (Lipinski definition) is 2. The largest absolute Gasteiger partial charge is 0.404 e. The molecule has 2 aliphatic rings. The molecule has 3 N–H and O–H groups in total. The molecule has 2 nitrogen and oxygen atoms in total. The van der Waals surface area contributed by atoms with Crippen LogP contribution in [0.15, 0.2) is 145 Å². The lowest BCUT2D eigenvalue weighted by Gasteiger charge is -2.36. The topological polar surface area (TPSA) is 49.9 Å². The van der Waals surface area contributed by atoms with Gasteiger partial charge in [-0.15, -0.1) is 0 Å². The van der Waals surface area contributed by atoms with Gasteiger partial charge in [0.25, 0.3) is 0 Å². The number of hydrogen-bond acceptors (Lipinski definition) is 2. The fourth-order valence-electron chi connectivity index (χ4n) is 7.06. The van der Waals surface area contributed by atoms with Crippen molar-refractivity contribution in [2.75, 3.05) is 0 Å². The highest BCUT2D eigenvalue weighted by Crippen LogP contribution is 2.49. The molecule has 0 amide bonds. The summed E-state index contributed by atoms with van der Waals surface area (Å²) in [5.74, 6) is 0. The molecule has 0 bridgehead atoms. The highest BCUT2D eigenvalue weighted by atomic mass is 14.5. The highest BCUT2D eigenvalue weighted by molar-refractivity contribution is 6.10. The van der Waals surface area contributed by atoms with E-state index in [-0.39, 0.29) is 5.41 Å². The quantitative estimate of drug-likeness (QED) is 0.200. The first-order chi connectivity index (χ1) is 21.9. The molecule has 1 unspecified atom stereocenters. The Labute approximate surface area is 265 Å². The predicted octanol–water partition coefficient (Wildman–Crippen LogP) is 10.8. The molecule has 0 heterocycles. The van der Waals surface area contributed by atoms with E-state index in [1.54, 1.807) is 0 Å². The second-order valence-corrected chi connectivity index (χ2v) is 12.3. The monoisotopic (exact) mass is 580 g/mol. The number of rotatable bonds is 5. The van der Waals surface area contributed by atoms with Gasteiger partial charge in [-0.2, -0.15) is 0 Å². The Morgan fingerprint density at radius 3 is 2.02 bits per heavy atom. The minimum Gasteiger partial charge on any atom is -0.404 e. The van der Waals surface area contributed by atoms with Gasteiger partial charge in [-0.1, -0.05) is 129 Å². The Kier molecular flexibility index (Phi) is 7.06. The van der Waals surface area contributed by atoms with Crippen LogP contribution >= 0.6 is 0 Å². The fourth-order valence-corrected chi connectivity index (χ4v) is 7.06. The maximum Gasteiger partial charge on any atom is 0.0629 e. The summed E-state index contributed by atoms with van der Waals surface area (Å²) < 4.78 is 0. The van der Waals surface area contributed by atoms with Gasteiger partial charge in [-0.25, -0.2) is 0 Å². The average Bonchev–Trinajstić information content (AvgIpc) is 3.07. The summed E-state index contributed by atoms with van der Waals surface area (Å²) in [5, 5.41) is 13.5. The molecule has 0 saturated carbocycles. The summed E-state index contributed by atoms with van der Waals surface area (Å²) in [6.45, 7) is 8.55. The third-order valence-electron chi connectivity index (χ3n) is 9.47. The minimum atomic E-state index is -0.299. The van der Waals surface area contributed by atoms with Crippen LogP contribution in [-0.2, 0) is 6.42 Å². The molecule has 0 aromatic heterocycles. The van der Waals surface area contributed by atoms with Gasteiger partial charge in [0, 0.05) is 17.2 Å². The van der Waals surface area contributed by atoms with E-state index in [9.17, 15) is 0 Å². The van der Waals surface area contributed by atoms with Crippen molar-refractivity contribution < 1.29 is 0 Å². The van der Waals surface area contributed by atoms with Crippen LogP contribution in [0.3, 0.4) is 0 Å². The first-order valence-electron chi connectivity index (χ1n) is 15.5.